The van der Waals surface area contributed by atoms with Gasteiger partial charge in [-0.2, -0.15) is 0 Å². The lowest BCUT2D eigenvalue weighted by atomic mass is 10.2. The average molecular weight is 370 g/mol. The maximum absolute atomic E-state index is 12.2. The van der Waals surface area contributed by atoms with Gasteiger partial charge >= 0.3 is 0 Å². The molecule has 21 heavy (non-hydrogen) atoms. The van der Waals surface area contributed by atoms with E-state index < -0.39 is 9.84 Å². The fourth-order valence-corrected chi connectivity index (χ4v) is 3.53. The van der Waals surface area contributed by atoms with E-state index in [0.717, 1.165) is 10.0 Å². The molecule has 0 unspecified atom stereocenters. The minimum Gasteiger partial charge on any atom is -0.492 e. The Labute approximate surface area is 133 Å². The molecule has 0 aliphatic carbocycles. The summed E-state index contributed by atoms with van der Waals surface area (Å²) in [5.74, 6) is 0.548. The predicted octanol–water partition coefficient (Wildman–Crippen LogP) is 2.76. The maximum Gasteiger partial charge on any atom is 0.181 e. The molecular formula is C15H16BrNO3S. The molecule has 0 radical (unpaired) electrons. The minimum atomic E-state index is -3.36. The molecule has 0 aliphatic rings. The third-order valence-electron chi connectivity index (χ3n) is 2.96. The number of nitrogens with two attached hydrogens (primary N) is 1. The summed E-state index contributed by atoms with van der Waals surface area (Å²) in [5, 5.41) is 0. The van der Waals surface area contributed by atoms with Crippen LogP contribution >= 0.6 is 15.9 Å². The van der Waals surface area contributed by atoms with Crippen molar-refractivity contribution >= 4 is 25.8 Å². The second-order valence-corrected chi connectivity index (χ2v) is 7.46. The zero-order valence-corrected chi connectivity index (χ0v) is 13.7. The van der Waals surface area contributed by atoms with Crippen molar-refractivity contribution in [3.8, 4) is 5.75 Å². The van der Waals surface area contributed by atoms with Crippen LogP contribution < -0.4 is 10.5 Å². The number of ether oxygens (including phenoxy) is 1. The zero-order chi connectivity index (χ0) is 15.3. The number of para-hydroxylation sites is 1. The Hall–Kier alpha value is -1.37. The summed E-state index contributed by atoms with van der Waals surface area (Å²) in [7, 11) is -3.36. The third kappa shape index (κ3) is 4.30. The molecule has 0 heterocycles. The molecular weight excluding hydrogens is 354 g/mol. The minimum absolute atomic E-state index is 0.0810. The van der Waals surface area contributed by atoms with Crippen molar-refractivity contribution in [2.75, 3.05) is 12.4 Å². The number of hydrogen-bond donors (Lipinski definition) is 1. The van der Waals surface area contributed by atoms with Crippen LogP contribution in [0.25, 0.3) is 0 Å². The number of hydrogen-bond acceptors (Lipinski definition) is 4. The number of benzene rings is 2. The first kappa shape index (κ1) is 16.0. The highest BCUT2D eigenvalue weighted by molar-refractivity contribution is 9.10. The van der Waals surface area contributed by atoms with Crippen molar-refractivity contribution in [3.05, 3.63) is 58.6 Å². The summed E-state index contributed by atoms with van der Waals surface area (Å²) in [4.78, 5) is 0.285. The van der Waals surface area contributed by atoms with Gasteiger partial charge in [0.1, 0.15) is 12.4 Å². The van der Waals surface area contributed by atoms with Gasteiger partial charge in [0.2, 0.25) is 0 Å². The topological polar surface area (TPSA) is 69.4 Å². The van der Waals surface area contributed by atoms with Crippen molar-refractivity contribution < 1.29 is 13.2 Å². The Bertz CT molecular complexity index is 716. The van der Waals surface area contributed by atoms with Gasteiger partial charge < -0.3 is 10.5 Å². The molecule has 2 aromatic carbocycles. The maximum atomic E-state index is 12.2. The van der Waals surface area contributed by atoms with Crippen LogP contribution in [0.3, 0.4) is 0 Å². The normalized spacial score (nSPS) is 11.3. The first-order valence-electron chi connectivity index (χ1n) is 6.42. The van der Waals surface area contributed by atoms with Crippen LogP contribution in [-0.2, 0) is 16.4 Å². The highest BCUT2D eigenvalue weighted by atomic mass is 79.9. The third-order valence-corrected chi connectivity index (χ3v) is 5.13. The first-order valence-corrected chi connectivity index (χ1v) is 8.86. The van der Waals surface area contributed by atoms with Crippen LogP contribution in [0, 0.1) is 0 Å². The van der Waals surface area contributed by atoms with Gasteiger partial charge in [-0.25, -0.2) is 8.42 Å². The summed E-state index contributed by atoms with van der Waals surface area (Å²) in [6.45, 7) is 0.445. The largest absolute Gasteiger partial charge is 0.492 e. The Morgan fingerprint density at radius 1 is 1.10 bits per heavy atom. The van der Waals surface area contributed by atoms with E-state index in [0.29, 0.717) is 12.3 Å². The lowest BCUT2D eigenvalue weighted by molar-refractivity contribution is 0.337. The summed E-state index contributed by atoms with van der Waals surface area (Å²) >= 11 is 3.27. The molecule has 0 aromatic heterocycles. The van der Waals surface area contributed by atoms with Gasteiger partial charge in [0.25, 0.3) is 0 Å². The first-order chi connectivity index (χ1) is 10.0. The van der Waals surface area contributed by atoms with Crippen molar-refractivity contribution in [1.29, 1.82) is 0 Å². The van der Waals surface area contributed by atoms with Crippen molar-refractivity contribution in [2.24, 2.45) is 5.73 Å². The van der Waals surface area contributed by atoms with E-state index in [9.17, 15) is 8.42 Å². The molecule has 0 saturated heterocycles. The van der Waals surface area contributed by atoms with Crippen LogP contribution in [0.4, 0.5) is 0 Å². The Balaban J connectivity index is 2.03. The van der Waals surface area contributed by atoms with Gasteiger partial charge in [-0.3, -0.25) is 0 Å². The molecule has 0 amide bonds. The Morgan fingerprint density at radius 3 is 2.57 bits per heavy atom. The predicted molar refractivity (Wildman–Crippen MR) is 86.0 cm³/mol. The summed E-state index contributed by atoms with van der Waals surface area (Å²) in [6.07, 6.45) is 0. The monoisotopic (exact) mass is 369 g/mol. The van der Waals surface area contributed by atoms with E-state index in [4.69, 9.17) is 10.5 Å². The van der Waals surface area contributed by atoms with Crippen molar-refractivity contribution in [3.63, 3.8) is 0 Å². The van der Waals surface area contributed by atoms with Crippen LogP contribution in [-0.4, -0.2) is 20.8 Å². The van der Waals surface area contributed by atoms with E-state index >= 15 is 0 Å². The lowest BCUT2D eigenvalue weighted by Gasteiger charge is -2.10. The molecule has 2 rings (SSSR count). The quantitative estimate of drug-likeness (QED) is 0.849. The van der Waals surface area contributed by atoms with E-state index in [2.05, 4.69) is 15.9 Å². The Kier molecular flexibility index (Phi) is 5.39. The summed E-state index contributed by atoms with van der Waals surface area (Å²) < 4.78 is 30.7. The fraction of sp³-hybridized carbons (Fsp3) is 0.200. The smallest absolute Gasteiger partial charge is 0.181 e. The molecule has 112 valence electrons. The molecule has 0 saturated carbocycles. The standard InChI is InChI=1S/C15H16BrNO3S/c16-13-5-3-6-14(10-13)21(18,19)9-8-20-15-7-2-1-4-12(15)11-17/h1-7,10H,8-9,11,17H2. The summed E-state index contributed by atoms with van der Waals surface area (Å²) in [6, 6.07) is 14.0. The SMILES string of the molecule is NCc1ccccc1OCCS(=O)(=O)c1cccc(Br)c1. The van der Waals surface area contributed by atoms with Crippen molar-refractivity contribution in [1.82, 2.24) is 0 Å². The van der Waals surface area contributed by atoms with Gasteiger partial charge in [0.15, 0.2) is 9.84 Å². The Morgan fingerprint density at radius 2 is 1.86 bits per heavy atom. The zero-order valence-electron chi connectivity index (χ0n) is 11.3. The molecule has 0 atom stereocenters. The molecule has 2 N–H and O–H groups in total. The molecule has 0 spiro atoms. The van der Waals surface area contributed by atoms with Gasteiger partial charge in [-0.1, -0.05) is 40.2 Å². The number of sulfone groups is 1. The summed E-state index contributed by atoms with van der Waals surface area (Å²) in [5.41, 5.74) is 6.47. The van der Waals surface area contributed by atoms with E-state index in [1.54, 1.807) is 30.3 Å². The van der Waals surface area contributed by atoms with Gasteiger partial charge in [-0.05, 0) is 24.3 Å². The van der Waals surface area contributed by atoms with E-state index in [-0.39, 0.29) is 17.3 Å². The average Bonchev–Trinajstić information content (AvgIpc) is 2.47. The van der Waals surface area contributed by atoms with Gasteiger partial charge in [0, 0.05) is 16.6 Å². The van der Waals surface area contributed by atoms with Crippen molar-refractivity contribution in [2.45, 2.75) is 11.4 Å². The second-order valence-electron chi connectivity index (χ2n) is 4.44. The number of rotatable bonds is 6. The van der Waals surface area contributed by atoms with Crippen LogP contribution in [0.1, 0.15) is 5.56 Å². The van der Waals surface area contributed by atoms with Crippen LogP contribution in [0.2, 0.25) is 0 Å². The van der Waals surface area contributed by atoms with E-state index in [1.807, 2.05) is 18.2 Å². The lowest BCUT2D eigenvalue weighted by Crippen LogP contribution is -2.15. The molecule has 0 bridgehead atoms. The molecule has 0 aliphatic heterocycles. The fourth-order valence-electron chi connectivity index (χ4n) is 1.85. The molecule has 6 heteroatoms. The molecule has 4 nitrogen and oxygen atoms in total. The van der Waals surface area contributed by atoms with Gasteiger partial charge in [0.05, 0.1) is 10.6 Å². The highest BCUT2D eigenvalue weighted by Crippen LogP contribution is 2.19. The molecule has 0 fully saturated rings. The van der Waals surface area contributed by atoms with Crippen LogP contribution in [0.15, 0.2) is 57.9 Å². The number of halogens is 1. The highest BCUT2D eigenvalue weighted by Gasteiger charge is 2.15. The second kappa shape index (κ2) is 7.06. The van der Waals surface area contributed by atoms with Crippen LogP contribution in [0.5, 0.6) is 5.75 Å². The molecule has 2 aromatic rings. The van der Waals surface area contributed by atoms with E-state index in [1.165, 1.54) is 0 Å². The van der Waals surface area contributed by atoms with Gasteiger partial charge in [-0.15, -0.1) is 0 Å².